The third kappa shape index (κ3) is 9.09. The number of hydrogen-bond acceptors (Lipinski definition) is 6. The molecule has 1 aliphatic carbocycles. The summed E-state index contributed by atoms with van der Waals surface area (Å²) in [7, 11) is 2.05. The van der Waals surface area contributed by atoms with Crippen molar-refractivity contribution in [3.05, 3.63) is 23.9 Å². The van der Waals surface area contributed by atoms with Crippen LogP contribution in [-0.4, -0.2) is 76.5 Å². The predicted octanol–water partition coefficient (Wildman–Crippen LogP) is 2.59. The van der Waals surface area contributed by atoms with Gasteiger partial charge in [-0.2, -0.15) is 13.2 Å². The molecule has 0 saturated heterocycles. The summed E-state index contributed by atoms with van der Waals surface area (Å²) in [5.41, 5.74) is 1.18. The molecule has 0 amide bonds. The highest BCUT2D eigenvalue weighted by Gasteiger charge is 2.38. The number of likely N-dealkylation sites (N-methyl/N-ethyl adjacent to an activating group) is 1. The van der Waals surface area contributed by atoms with Crippen LogP contribution in [0.4, 0.5) is 19.0 Å². The lowest BCUT2D eigenvalue weighted by Gasteiger charge is -2.42. The van der Waals surface area contributed by atoms with Crippen LogP contribution < -0.4 is 10.2 Å². The molecule has 2 rings (SSSR count). The molecule has 176 valence electrons. The van der Waals surface area contributed by atoms with Gasteiger partial charge in [0, 0.05) is 37.9 Å². The summed E-state index contributed by atoms with van der Waals surface area (Å²) in [6, 6.07) is 5.47. The zero-order valence-electron chi connectivity index (χ0n) is 18.2. The normalized spacial score (nSPS) is 18.2. The second-order valence-corrected chi connectivity index (χ2v) is 7.69. The Hall–Kier alpha value is -2.40. The van der Waals surface area contributed by atoms with Gasteiger partial charge in [-0.05, 0) is 44.9 Å². The van der Waals surface area contributed by atoms with Gasteiger partial charge in [0.1, 0.15) is 5.82 Å². The number of rotatable bonds is 9. The minimum Gasteiger partial charge on any atom is -0.480 e. The van der Waals surface area contributed by atoms with Gasteiger partial charge in [-0.25, -0.2) is 9.78 Å². The van der Waals surface area contributed by atoms with Crippen LogP contribution in [0, 0.1) is 0 Å². The molecule has 0 unspecified atom stereocenters. The predicted molar refractivity (Wildman–Crippen MR) is 110 cm³/mol. The van der Waals surface area contributed by atoms with Crippen LogP contribution in [0.3, 0.4) is 0 Å². The first-order valence-electron chi connectivity index (χ1n) is 10.0. The molecular formula is C20H31F3N4O4. The standard InChI is InChI=1S/C18H30N4O2.C2HF3O2/c1-5-22(12-18(23)24)16-8-15(9-16)19-10-14-6-7-17(20-11-14)21(4)13(2)3;3-2(4,5)1(6)7/h6-7,11,13,15-16,19H,5,8-10,12H2,1-4H3,(H,23,24);(H,6,7). The lowest BCUT2D eigenvalue weighted by Crippen LogP contribution is -2.53. The van der Waals surface area contributed by atoms with Crippen molar-refractivity contribution in [2.45, 2.75) is 64.5 Å². The van der Waals surface area contributed by atoms with E-state index in [2.05, 4.69) is 48.2 Å². The molecule has 0 aliphatic heterocycles. The van der Waals surface area contributed by atoms with E-state index in [4.69, 9.17) is 15.0 Å². The highest BCUT2D eigenvalue weighted by atomic mass is 19.4. The Labute approximate surface area is 180 Å². The van der Waals surface area contributed by atoms with Crippen molar-refractivity contribution in [3.8, 4) is 0 Å². The monoisotopic (exact) mass is 448 g/mol. The number of carboxylic acid groups (broad SMARTS) is 2. The topological polar surface area (TPSA) is 106 Å². The van der Waals surface area contributed by atoms with Gasteiger partial charge in [0.25, 0.3) is 0 Å². The Kier molecular flexibility index (Phi) is 10.2. The molecule has 0 spiro atoms. The van der Waals surface area contributed by atoms with Crippen LogP contribution in [-0.2, 0) is 16.1 Å². The molecule has 0 atom stereocenters. The molecule has 0 aromatic carbocycles. The lowest BCUT2D eigenvalue weighted by molar-refractivity contribution is -0.192. The Morgan fingerprint density at radius 3 is 2.23 bits per heavy atom. The van der Waals surface area contributed by atoms with E-state index >= 15 is 0 Å². The van der Waals surface area contributed by atoms with Crippen molar-refractivity contribution in [1.82, 2.24) is 15.2 Å². The second-order valence-electron chi connectivity index (χ2n) is 7.69. The number of nitrogens with zero attached hydrogens (tertiary/aromatic N) is 3. The number of nitrogens with one attached hydrogen (secondary N) is 1. The maximum absolute atomic E-state index is 10.9. The van der Waals surface area contributed by atoms with E-state index in [0.717, 1.165) is 31.7 Å². The average Bonchev–Trinajstić information content (AvgIpc) is 2.65. The fraction of sp³-hybridized carbons (Fsp3) is 0.650. The molecule has 8 nitrogen and oxygen atoms in total. The Morgan fingerprint density at radius 2 is 1.84 bits per heavy atom. The summed E-state index contributed by atoms with van der Waals surface area (Å²) in [5, 5.41) is 19.6. The Morgan fingerprint density at radius 1 is 1.26 bits per heavy atom. The largest absolute Gasteiger partial charge is 0.490 e. The van der Waals surface area contributed by atoms with Gasteiger partial charge >= 0.3 is 18.1 Å². The number of pyridine rings is 1. The van der Waals surface area contributed by atoms with Crippen molar-refractivity contribution < 1.29 is 33.0 Å². The van der Waals surface area contributed by atoms with E-state index < -0.39 is 18.1 Å². The van der Waals surface area contributed by atoms with Crippen LogP contribution >= 0.6 is 0 Å². The van der Waals surface area contributed by atoms with Crippen LogP contribution in [0.1, 0.15) is 39.2 Å². The first-order chi connectivity index (χ1) is 14.3. The molecule has 1 aromatic heterocycles. The minimum atomic E-state index is -5.08. The molecule has 11 heteroatoms. The average molecular weight is 448 g/mol. The van der Waals surface area contributed by atoms with E-state index in [1.165, 1.54) is 5.56 Å². The quantitative estimate of drug-likeness (QED) is 0.529. The molecule has 1 aromatic rings. The first kappa shape index (κ1) is 26.6. The SMILES string of the molecule is CCN(CC(=O)O)C1CC(NCc2ccc(N(C)C(C)C)nc2)C1.O=C(O)C(F)(F)F. The zero-order valence-corrected chi connectivity index (χ0v) is 18.2. The van der Waals surface area contributed by atoms with Gasteiger partial charge < -0.3 is 20.4 Å². The number of alkyl halides is 3. The smallest absolute Gasteiger partial charge is 0.480 e. The molecule has 1 heterocycles. The molecule has 31 heavy (non-hydrogen) atoms. The summed E-state index contributed by atoms with van der Waals surface area (Å²) in [4.78, 5) is 28.5. The van der Waals surface area contributed by atoms with E-state index in [1.54, 1.807) is 0 Å². The van der Waals surface area contributed by atoms with Crippen molar-refractivity contribution in [3.63, 3.8) is 0 Å². The van der Waals surface area contributed by atoms with Gasteiger partial charge in [-0.15, -0.1) is 0 Å². The zero-order chi connectivity index (χ0) is 23.8. The summed E-state index contributed by atoms with van der Waals surface area (Å²) < 4.78 is 31.7. The lowest BCUT2D eigenvalue weighted by atomic mass is 9.85. The first-order valence-corrected chi connectivity index (χ1v) is 10.0. The van der Waals surface area contributed by atoms with E-state index in [-0.39, 0.29) is 6.54 Å². The van der Waals surface area contributed by atoms with Crippen molar-refractivity contribution in [1.29, 1.82) is 0 Å². The number of carboxylic acids is 2. The molecule has 1 aliphatic rings. The summed E-state index contributed by atoms with van der Waals surface area (Å²) in [5.74, 6) is -2.51. The van der Waals surface area contributed by atoms with Gasteiger partial charge in [0.2, 0.25) is 0 Å². The van der Waals surface area contributed by atoms with Crippen molar-refractivity contribution in [2.75, 3.05) is 25.0 Å². The number of carbonyl (C=O) groups is 2. The molecule has 0 radical (unpaired) electrons. The van der Waals surface area contributed by atoms with Crippen LogP contribution in [0.2, 0.25) is 0 Å². The number of aliphatic carboxylic acids is 2. The molecular weight excluding hydrogens is 417 g/mol. The molecule has 1 saturated carbocycles. The summed E-state index contributed by atoms with van der Waals surface area (Å²) >= 11 is 0. The van der Waals surface area contributed by atoms with Gasteiger partial charge in [-0.3, -0.25) is 9.69 Å². The summed E-state index contributed by atoms with van der Waals surface area (Å²) in [6.07, 6.45) is -1.12. The molecule has 0 bridgehead atoms. The Bertz CT molecular complexity index is 707. The number of anilines is 1. The fourth-order valence-electron chi connectivity index (χ4n) is 2.98. The summed E-state index contributed by atoms with van der Waals surface area (Å²) in [6.45, 7) is 8.05. The van der Waals surface area contributed by atoms with Gasteiger partial charge in [0.15, 0.2) is 0 Å². The molecule has 3 N–H and O–H groups in total. The van der Waals surface area contributed by atoms with Crippen LogP contribution in [0.15, 0.2) is 18.3 Å². The van der Waals surface area contributed by atoms with Crippen LogP contribution in [0.5, 0.6) is 0 Å². The minimum absolute atomic E-state index is 0.142. The second kappa shape index (κ2) is 11.8. The van der Waals surface area contributed by atoms with Crippen molar-refractivity contribution >= 4 is 17.8 Å². The van der Waals surface area contributed by atoms with Gasteiger partial charge in [-0.1, -0.05) is 13.0 Å². The van der Waals surface area contributed by atoms with E-state index in [9.17, 15) is 18.0 Å². The Balaban J connectivity index is 0.000000592. The number of aromatic nitrogens is 1. The van der Waals surface area contributed by atoms with E-state index in [0.29, 0.717) is 18.1 Å². The highest BCUT2D eigenvalue weighted by molar-refractivity contribution is 5.73. The third-order valence-electron chi connectivity index (χ3n) is 5.16. The highest BCUT2D eigenvalue weighted by Crippen LogP contribution is 2.26. The maximum Gasteiger partial charge on any atom is 0.490 e. The maximum atomic E-state index is 10.9. The fourth-order valence-corrected chi connectivity index (χ4v) is 2.98. The number of halogens is 3. The third-order valence-corrected chi connectivity index (χ3v) is 5.16. The number of hydrogen-bond donors (Lipinski definition) is 3. The van der Waals surface area contributed by atoms with E-state index in [1.807, 2.05) is 18.0 Å². The molecule has 1 fully saturated rings. The van der Waals surface area contributed by atoms with Gasteiger partial charge in [0.05, 0.1) is 6.54 Å². The van der Waals surface area contributed by atoms with Crippen LogP contribution in [0.25, 0.3) is 0 Å². The van der Waals surface area contributed by atoms with Crippen molar-refractivity contribution in [2.24, 2.45) is 0 Å².